The van der Waals surface area contributed by atoms with E-state index in [-0.39, 0.29) is 12.4 Å². The summed E-state index contributed by atoms with van der Waals surface area (Å²) in [6.45, 7) is 0.0731. The van der Waals surface area contributed by atoms with E-state index < -0.39 is 16.4 Å². The summed E-state index contributed by atoms with van der Waals surface area (Å²) in [5.41, 5.74) is 2.67. The molecule has 0 aliphatic carbocycles. The molecule has 1 aromatic heterocycles. The van der Waals surface area contributed by atoms with Gasteiger partial charge in [-0.05, 0) is 29.8 Å². The number of hydrogen-bond donors (Lipinski definition) is 2. The molecule has 0 bridgehead atoms. The largest absolute Gasteiger partial charge is 0.482 e. The highest BCUT2D eigenvalue weighted by molar-refractivity contribution is 5.46. The first-order valence-electron chi connectivity index (χ1n) is 5.58. The highest BCUT2D eigenvalue weighted by atomic mass is 19.1. The number of nitrogens with zero attached hydrogens (tertiary/aromatic N) is 2. The monoisotopic (exact) mass is 278 g/mol. The van der Waals surface area contributed by atoms with Crippen molar-refractivity contribution in [1.82, 2.24) is 4.98 Å². The molecule has 0 saturated heterocycles. The molecule has 0 atom stereocenters. The number of nitrogen functional groups attached to an aromatic ring is 1. The number of nitrogens with one attached hydrogen (secondary N) is 1. The maximum Gasteiger partial charge on any atom is 0.313 e. The van der Waals surface area contributed by atoms with Gasteiger partial charge in [-0.2, -0.15) is 0 Å². The summed E-state index contributed by atoms with van der Waals surface area (Å²) >= 11 is 0. The van der Waals surface area contributed by atoms with Gasteiger partial charge in [0.25, 0.3) is 0 Å². The SMILES string of the molecule is NNc1cc(COc2ccc(F)cc2[N+](=O)[O-])ccn1. The third-order valence-electron chi connectivity index (χ3n) is 2.48. The summed E-state index contributed by atoms with van der Waals surface area (Å²) in [6.07, 6.45) is 1.52. The Morgan fingerprint density at radius 2 is 2.20 bits per heavy atom. The molecule has 104 valence electrons. The Balaban J connectivity index is 2.16. The fourth-order valence-corrected chi connectivity index (χ4v) is 1.56. The Hall–Kier alpha value is -2.74. The summed E-state index contributed by atoms with van der Waals surface area (Å²) in [5.74, 6) is 4.97. The fraction of sp³-hybridized carbons (Fsp3) is 0.0833. The maximum atomic E-state index is 13.0. The van der Waals surface area contributed by atoms with E-state index in [0.29, 0.717) is 11.4 Å². The minimum atomic E-state index is -0.697. The number of anilines is 1. The Morgan fingerprint density at radius 1 is 1.40 bits per heavy atom. The molecule has 1 heterocycles. The van der Waals surface area contributed by atoms with Crippen LogP contribution in [0, 0.1) is 15.9 Å². The van der Waals surface area contributed by atoms with Crippen LogP contribution in [0.4, 0.5) is 15.9 Å². The molecule has 0 radical (unpaired) electrons. The summed E-state index contributed by atoms with van der Waals surface area (Å²) in [5, 5.41) is 10.8. The number of aromatic nitrogens is 1. The maximum absolute atomic E-state index is 13.0. The molecular weight excluding hydrogens is 267 g/mol. The Bertz CT molecular complexity index is 636. The van der Waals surface area contributed by atoms with Gasteiger partial charge in [-0.25, -0.2) is 15.2 Å². The number of halogens is 1. The number of nitrogens with two attached hydrogens (primary N) is 1. The lowest BCUT2D eigenvalue weighted by molar-refractivity contribution is -0.386. The number of nitro benzene ring substituents is 1. The number of hydrazine groups is 1. The Labute approximate surface area is 113 Å². The zero-order valence-electron chi connectivity index (χ0n) is 10.2. The molecule has 0 saturated carbocycles. The third kappa shape index (κ3) is 3.18. The zero-order chi connectivity index (χ0) is 14.5. The minimum Gasteiger partial charge on any atom is -0.482 e. The number of rotatable bonds is 5. The van der Waals surface area contributed by atoms with E-state index in [1.165, 1.54) is 12.3 Å². The number of pyridine rings is 1. The van der Waals surface area contributed by atoms with E-state index in [2.05, 4.69) is 10.4 Å². The van der Waals surface area contributed by atoms with E-state index in [4.69, 9.17) is 10.6 Å². The Morgan fingerprint density at radius 3 is 2.90 bits per heavy atom. The first kappa shape index (κ1) is 13.7. The van der Waals surface area contributed by atoms with Crippen molar-refractivity contribution < 1.29 is 14.1 Å². The van der Waals surface area contributed by atoms with Crippen LogP contribution in [0.25, 0.3) is 0 Å². The van der Waals surface area contributed by atoms with E-state index in [1.807, 2.05) is 0 Å². The number of nitro groups is 1. The van der Waals surface area contributed by atoms with Crippen molar-refractivity contribution in [3.8, 4) is 5.75 Å². The predicted molar refractivity (Wildman–Crippen MR) is 69.4 cm³/mol. The molecule has 0 aliphatic rings. The third-order valence-corrected chi connectivity index (χ3v) is 2.48. The lowest BCUT2D eigenvalue weighted by atomic mass is 10.2. The summed E-state index contributed by atoms with van der Waals surface area (Å²) < 4.78 is 18.3. The van der Waals surface area contributed by atoms with Crippen molar-refractivity contribution in [2.45, 2.75) is 6.61 Å². The number of benzene rings is 1. The van der Waals surface area contributed by atoms with E-state index in [9.17, 15) is 14.5 Å². The van der Waals surface area contributed by atoms with Crippen molar-refractivity contribution in [2.75, 3.05) is 5.43 Å². The van der Waals surface area contributed by atoms with Gasteiger partial charge in [0.1, 0.15) is 18.2 Å². The van der Waals surface area contributed by atoms with Crippen LogP contribution in [-0.2, 0) is 6.61 Å². The highest BCUT2D eigenvalue weighted by Gasteiger charge is 2.16. The minimum absolute atomic E-state index is 0.00419. The molecule has 0 aliphatic heterocycles. The van der Waals surface area contributed by atoms with Crippen LogP contribution >= 0.6 is 0 Å². The van der Waals surface area contributed by atoms with Crippen LogP contribution in [0.15, 0.2) is 36.5 Å². The normalized spacial score (nSPS) is 10.1. The molecule has 0 amide bonds. The second-order valence-corrected chi connectivity index (χ2v) is 3.85. The molecule has 20 heavy (non-hydrogen) atoms. The molecule has 3 N–H and O–H groups in total. The molecule has 0 unspecified atom stereocenters. The van der Waals surface area contributed by atoms with Gasteiger partial charge in [-0.1, -0.05) is 0 Å². The average Bonchev–Trinajstić information content (AvgIpc) is 2.46. The molecule has 2 aromatic rings. The molecule has 0 spiro atoms. The number of ether oxygens (including phenoxy) is 1. The molecule has 0 fully saturated rings. The molecule has 7 nitrogen and oxygen atoms in total. The van der Waals surface area contributed by atoms with Gasteiger partial charge >= 0.3 is 5.69 Å². The van der Waals surface area contributed by atoms with Crippen molar-refractivity contribution in [3.63, 3.8) is 0 Å². The second kappa shape index (κ2) is 5.93. The van der Waals surface area contributed by atoms with Gasteiger partial charge in [0.2, 0.25) is 0 Å². The van der Waals surface area contributed by atoms with Crippen molar-refractivity contribution in [1.29, 1.82) is 0 Å². The topological polar surface area (TPSA) is 103 Å². The van der Waals surface area contributed by atoms with Crippen LogP contribution in [0.3, 0.4) is 0 Å². The molecular formula is C12H11FN4O3. The van der Waals surface area contributed by atoms with Crippen LogP contribution in [-0.4, -0.2) is 9.91 Å². The smallest absolute Gasteiger partial charge is 0.313 e. The quantitative estimate of drug-likeness (QED) is 0.492. The molecule has 8 heteroatoms. The van der Waals surface area contributed by atoms with E-state index >= 15 is 0 Å². The van der Waals surface area contributed by atoms with Crippen molar-refractivity contribution >= 4 is 11.5 Å². The van der Waals surface area contributed by atoms with Gasteiger partial charge in [-0.15, -0.1) is 0 Å². The van der Waals surface area contributed by atoms with Gasteiger partial charge < -0.3 is 10.2 Å². The van der Waals surface area contributed by atoms with Gasteiger partial charge in [0.15, 0.2) is 5.75 Å². The highest BCUT2D eigenvalue weighted by Crippen LogP contribution is 2.28. The van der Waals surface area contributed by atoms with Gasteiger partial charge in [-0.3, -0.25) is 10.1 Å². The Kier molecular flexibility index (Phi) is 4.06. The van der Waals surface area contributed by atoms with Crippen LogP contribution in [0.2, 0.25) is 0 Å². The number of hydrogen-bond acceptors (Lipinski definition) is 6. The predicted octanol–water partition coefficient (Wildman–Crippen LogP) is 1.99. The van der Waals surface area contributed by atoms with Crippen molar-refractivity contribution in [3.05, 3.63) is 58.0 Å². The van der Waals surface area contributed by atoms with Gasteiger partial charge in [0, 0.05) is 6.20 Å². The summed E-state index contributed by atoms with van der Waals surface area (Å²) in [4.78, 5) is 14.0. The van der Waals surface area contributed by atoms with Crippen LogP contribution in [0.5, 0.6) is 5.75 Å². The molecule has 2 rings (SSSR count). The first-order valence-corrected chi connectivity index (χ1v) is 5.58. The lowest BCUT2D eigenvalue weighted by Crippen LogP contribution is -2.09. The summed E-state index contributed by atoms with van der Waals surface area (Å²) in [6, 6.07) is 6.44. The molecule has 1 aromatic carbocycles. The van der Waals surface area contributed by atoms with Crippen LogP contribution < -0.4 is 16.0 Å². The second-order valence-electron chi connectivity index (χ2n) is 3.85. The average molecular weight is 278 g/mol. The standard InChI is InChI=1S/C12H11FN4O3/c13-9-1-2-11(10(6-9)17(18)19)20-7-8-3-4-15-12(5-8)16-14/h1-6H,7,14H2,(H,15,16). The fourth-order valence-electron chi connectivity index (χ4n) is 1.56. The first-order chi connectivity index (χ1) is 9.60. The zero-order valence-corrected chi connectivity index (χ0v) is 10.2. The summed E-state index contributed by atoms with van der Waals surface area (Å²) in [7, 11) is 0. The van der Waals surface area contributed by atoms with E-state index in [0.717, 1.165) is 12.1 Å². The van der Waals surface area contributed by atoms with Gasteiger partial charge in [0.05, 0.1) is 11.0 Å². The van der Waals surface area contributed by atoms with Crippen LogP contribution in [0.1, 0.15) is 5.56 Å². The lowest BCUT2D eigenvalue weighted by Gasteiger charge is -2.07. The van der Waals surface area contributed by atoms with E-state index in [1.54, 1.807) is 12.1 Å². The van der Waals surface area contributed by atoms with Crippen molar-refractivity contribution in [2.24, 2.45) is 5.84 Å².